The summed E-state index contributed by atoms with van der Waals surface area (Å²) in [6.45, 7) is 2.48. The van der Waals surface area contributed by atoms with Gasteiger partial charge in [0.1, 0.15) is 5.69 Å². The summed E-state index contributed by atoms with van der Waals surface area (Å²) < 4.78 is 6.20. The van der Waals surface area contributed by atoms with Crippen LogP contribution < -0.4 is 10.6 Å². The number of rotatable bonds is 7. The summed E-state index contributed by atoms with van der Waals surface area (Å²) in [5, 5.41) is 17.9. The SMILES string of the molecule is Cc1ccc(-c2cc(CNc3ncc(Br)c(Nc4cc(C5CC5)[nH]n4)n3)on2)cc1. The summed E-state index contributed by atoms with van der Waals surface area (Å²) in [7, 11) is 0. The van der Waals surface area contributed by atoms with Gasteiger partial charge in [0.05, 0.1) is 11.0 Å². The first-order valence-electron chi connectivity index (χ1n) is 9.75. The normalized spacial score (nSPS) is 13.4. The zero-order chi connectivity index (χ0) is 20.5. The van der Waals surface area contributed by atoms with Crippen LogP contribution in [0.1, 0.15) is 35.8 Å². The van der Waals surface area contributed by atoms with Crippen molar-refractivity contribution in [1.82, 2.24) is 25.3 Å². The number of aryl methyl sites for hydroxylation is 1. The number of hydrogen-bond donors (Lipinski definition) is 3. The van der Waals surface area contributed by atoms with Crippen LogP contribution in [0.2, 0.25) is 0 Å². The molecular formula is C21H20BrN7O. The molecule has 0 saturated heterocycles. The van der Waals surface area contributed by atoms with Crippen molar-refractivity contribution < 1.29 is 4.52 Å². The highest BCUT2D eigenvalue weighted by Gasteiger charge is 2.25. The summed E-state index contributed by atoms with van der Waals surface area (Å²) in [6, 6.07) is 12.1. The second-order valence-electron chi connectivity index (χ2n) is 7.40. The van der Waals surface area contributed by atoms with Crippen molar-refractivity contribution in [2.24, 2.45) is 0 Å². The summed E-state index contributed by atoms with van der Waals surface area (Å²) in [5.41, 5.74) is 4.19. The van der Waals surface area contributed by atoms with Gasteiger partial charge >= 0.3 is 0 Å². The minimum absolute atomic E-state index is 0.425. The van der Waals surface area contributed by atoms with Crippen LogP contribution in [-0.2, 0) is 6.54 Å². The Morgan fingerprint density at radius 2 is 2.03 bits per heavy atom. The summed E-state index contributed by atoms with van der Waals surface area (Å²) in [6.07, 6.45) is 4.14. The Balaban J connectivity index is 1.25. The lowest BCUT2D eigenvalue weighted by molar-refractivity contribution is 0.390. The van der Waals surface area contributed by atoms with E-state index in [2.05, 4.69) is 70.9 Å². The maximum Gasteiger partial charge on any atom is 0.225 e. The standard InChI is InChI=1S/C21H20BrN7O/c1-12-2-4-14(5-3-12)18-8-15(30-29-18)10-23-21-24-11-16(22)20(26-21)25-19-9-17(27-28-19)13-6-7-13/h2-5,8-9,11,13H,6-7,10H2,1H3,(H3,23,24,25,26,27,28). The fraction of sp³-hybridized carbons (Fsp3) is 0.238. The van der Waals surface area contributed by atoms with Crippen LogP contribution in [-0.4, -0.2) is 25.3 Å². The van der Waals surface area contributed by atoms with Gasteiger partial charge in [-0.15, -0.1) is 0 Å². The Hall–Kier alpha value is -3.20. The molecule has 9 heteroatoms. The molecule has 3 aromatic heterocycles. The topological polar surface area (TPSA) is 105 Å². The van der Waals surface area contributed by atoms with Gasteiger partial charge in [0.15, 0.2) is 17.4 Å². The Labute approximate surface area is 181 Å². The highest BCUT2D eigenvalue weighted by Crippen LogP contribution is 2.39. The molecule has 1 aliphatic rings. The van der Waals surface area contributed by atoms with E-state index in [0.29, 0.717) is 30.0 Å². The predicted molar refractivity (Wildman–Crippen MR) is 118 cm³/mol. The minimum Gasteiger partial charge on any atom is -0.359 e. The third-order valence-corrected chi connectivity index (χ3v) is 5.51. The molecule has 0 aliphatic heterocycles. The summed E-state index contributed by atoms with van der Waals surface area (Å²) >= 11 is 3.48. The molecule has 3 heterocycles. The van der Waals surface area contributed by atoms with Crippen molar-refractivity contribution >= 4 is 33.5 Å². The molecular weight excluding hydrogens is 446 g/mol. The van der Waals surface area contributed by atoms with E-state index in [1.54, 1.807) is 6.20 Å². The highest BCUT2D eigenvalue weighted by atomic mass is 79.9. The van der Waals surface area contributed by atoms with Crippen molar-refractivity contribution in [3.05, 3.63) is 64.1 Å². The molecule has 30 heavy (non-hydrogen) atoms. The van der Waals surface area contributed by atoms with Crippen LogP contribution >= 0.6 is 15.9 Å². The van der Waals surface area contributed by atoms with Crippen LogP contribution in [0.3, 0.4) is 0 Å². The van der Waals surface area contributed by atoms with Gasteiger partial charge in [-0.2, -0.15) is 10.1 Å². The largest absolute Gasteiger partial charge is 0.359 e. The molecule has 0 bridgehead atoms. The predicted octanol–water partition coefficient (Wildman–Crippen LogP) is 5.16. The lowest BCUT2D eigenvalue weighted by Crippen LogP contribution is -2.05. The van der Waals surface area contributed by atoms with Crippen LogP contribution in [0.25, 0.3) is 11.3 Å². The zero-order valence-electron chi connectivity index (χ0n) is 16.3. The first-order chi connectivity index (χ1) is 14.6. The van der Waals surface area contributed by atoms with E-state index >= 15 is 0 Å². The van der Waals surface area contributed by atoms with Gasteiger partial charge in [-0.05, 0) is 35.7 Å². The number of hydrogen-bond acceptors (Lipinski definition) is 7. The van der Waals surface area contributed by atoms with Crippen molar-refractivity contribution in [1.29, 1.82) is 0 Å². The molecule has 0 amide bonds. The molecule has 8 nitrogen and oxygen atoms in total. The highest BCUT2D eigenvalue weighted by molar-refractivity contribution is 9.10. The Bertz CT molecular complexity index is 1160. The van der Waals surface area contributed by atoms with Gasteiger partial charge < -0.3 is 15.2 Å². The molecule has 0 unspecified atom stereocenters. The molecule has 0 spiro atoms. The van der Waals surface area contributed by atoms with E-state index in [-0.39, 0.29) is 0 Å². The van der Waals surface area contributed by atoms with Crippen molar-refractivity contribution in [2.45, 2.75) is 32.2 Å². The smallest absolute Gasteiger partial charge is 0.225 e. The number of nitrogens with one attached hydrogen (secondary N) is 3. The monoisotopic (exact) mass is 465 g/mol. The fourth-order valence-corrected chi connectivity index (χ4v) is 3.38. The number of anilines is 3. The first kappa shape index (κ1) is 18.8. The molecule has 3 N–H and O–H groups in total. The van der Waals surface area contributed by atoms with E-state index in [0.717, 1.165) is 27.2 Å². The average molecular weight is 466 g/mol. The van der Waals surface area contributed by atoms with Crippen LogP contribution in [0.5, 0.6) is 0 Å². The number of H-pyrrole nitrogens is 1. The van der Waals surface area contributed by atoms with Gasteiger partial charge in [-0.25, -0.2) is 4.98 Å². The number of nitrogens with zero attached hydrogens (tertiary/aromatic N) is 4. The third kappa shape index (κ3) is 4.20. The second kappa shape index (κ2) is 7.91. The number of aromatic nitrogens is 5. The van der Waals surface area contributed by atoms with Gasteiger partial charge in [0.2, 0.25) is 5.95 Å². The Kier molecular flexibility index (Phi) is 4.96. The molecule has 1 aromatic carbocycles. The molecule has 1 aliphatic carbocycles. The van der Waals surface area contributed by atoms with Crippen LogP contribution in [0.4, 0.5) is 17.6 Å². The van der Waals surface area contributed by atoms with Gasteiger partial charge in [0, 0.05) is 35.5 Å². The summed E-state index contributed by atoms with van der Waals surface area (Å²) in [5.74, 6) is 3.17. The lowest BCUT2D eigenvalue weighted by atomic mass is 10.1. The quantitative estimate of drug-likeness (QED) is 0.346. The average Bonchev–Trinajstić information content (AvgIpc) is 3.31. The van der Waals surface area contributed by atoms with Gasteiger partial charge in [-0.1, -0.05) is 35.0 Å². The van der Waals surface area contributed by atoms with E-state index in [1.807, 2.05) is 24.3 Å². The zero-order valence-corrected chi connectivity index (χ0v) is 17.9. The number of aromatic amines is 1. The van der Waals surface area contributed by atoms with Crippen molar-refractivity contribution in [2.75, 3.05) is 10.6 Å². The molecule has 0 atom stereocenters. The minimum atomic E-state index is 0.425. The van der Waals surface area contributed by atoms with Crippen molar-refractivity contribution in [3.8, 4) is 11.3 Å². The van der Waals surface area contributed by atoms with E-state index in [4.69, 9.17) is 4.52 Å². The molecule has 4 aromatic rings. The lowest BCUT2D eigenvalue weighted by Gasteiger charge is -2.07. The molecule has 1 fully saturated rings. The molecule has 1 saturated carbocycles. The van der Waals surface area contributed by atoms with E-state index < -0.39 is 0 Å². The third-order valence-electron chi connectivity index (χ3n) is 4.93. The maximum atomic E-state index is 5.44. The van der Waals surface area contributed by atoms with Crippen molar-refractivity contribution in [3.63, 3.8) is 0 Å². The molecule has 0 radical (unpaired) electrons. The maximum absolute atomic E-state index is 5.44. The first-order valence-corrected chi connectivity index (χ1v) is 10.5. The molecule has 152 valence electrons. The Morgan fingerprint density at radius 3 is 2.83 bits per heavy atom. The van der Waals surface area contributed by atoms with Crippen LogP contribution in [0.15, 0.2) is 51.6 Å². The van der Waals surface area contributed by atoms with Crippen LogP contribution in [0, 0.1) is 6.92 Å². The fourth-order valence-electron chi connectivity index (χ4n) is 3.09. The number of halogens is 1. The van der Waals surface area contributed by atoms with Gasteiger partial charge in [-0.3, -0.25) is 5.10 Å². The second-order valence-corrected chi connectivity index (χ2v) is 8.25. The Morgan fingerprint density at radius 1 is 1.20 bits per heavy atom. The van der Waals surface area contributed by atoms with Gasteiger partial charge in [0.25, 0.3) is 0 Å². The van der Waals surface area contributed by atoms with E-state index in [9.17, 15) is 0 Å². The van der Waals surface area contributed by atoms with E-state index in [1.165, 1.54) is 18.4 Å². The molecule has 5 rings (SSSR count). The number of benzene rings is 1. The summed E-state index contributed by atoms with van der Waals surface area (Å²) in [4.78, 5) is 8.85.